The Hall–Kier alpha value is -2.98. The van der Waals surface area contributed by atoms with Crippen LogP contribution in [0.3, 0.4) is 0 Å². The third-order valence-corrected chi connectivity index (χ3v) is 5.13. The van der Waals surface area contributed by atoms with E-state index in [4.69, 9.17) is 4.74 Å². The zero-order valence-corrected chi connectivity index (χ0v) is 15.6. The van der Waals surface area contributed by atoms with Crippen molar-refractivity contribution in [3.63, 3.8) is 0 Å². The molecule has 0 bridgehead atoms. The van der Waals surface area contributed by atoms with Gasteiger partial charge >= 0.3 is 0 Å². The Kier molecular flexibility index (Phi) is 6.48. The van der Waals surface area contributed by atoms with Crippen LogP contribution in [0.5, 0.6) is 5.75 Å². The van der Waals surface area contributed by atoms with Gasteiger partial charge in [0.05, 0.1) is 23.0 Å². The summed E-state index contributed by atoms with van der Waals surface area (Å²) in [5.41, 5.74) is 0.615. The van der Waals surface area contributed by atoms with E-state index in [1.54, 1.807) is 12.1 Å². The second kappa shape index (κ2) is 8.60. The van der Waals surface area contributed by atoms with Crippen LogP contribution in [0.15, 0.2) is 47.4 Å². The first kappa shape index (κ1) is 20.3. The summed E-state index contributed by atoms with van der Waals surface area (Å²) >= 11 is 0. The molecule has 2 aromatic carbocycles. The van der Waals surface area contributed by atoms with E-state index in [1.807, 2.05) is 6.92 Å². The molecule has 0 radical (unpaired) electrons. The molecule has 2 aromatic rings. The summed E-state index contributed by atoms with van der Waals surface area (Å²) in [7, 11) is -2.36. The molecule has 0 heterocycles. The van der Waals surface area contributed by atoms with Crippen LogP contribution in [0, 0.1) is 17.0 Å². The van der Waals surface area contributed by atoms with Gasteiger partial charge in [-0.25, -0.2) is 13.1 Å². The second-order valence-corrected chi connectivity index (χ2v) is 7.42. The number of nitro groups is 1. The summed E-state index contributed by atoms with van der Waals surface area (Å²) in [6.07, 6.45) is -0.186. The fourth-order valence-electron chi connectivity index (χ4n) is 2.21. The van der Waals surface area contributed by atoms with Crippen molar-refractivity contribution in [2.75, 3.05) is 19.0 Å². The molecule has 9 nitrogen and oxygen atoms in total. The molecule has 0 aromatic heterocycles. The van der Waals surface area contributed by atoms with Gasteiger partial charge in [0.1, 0.15) is 11.4 Å². The normalized spacial score (nSPS) is 11.0. The maximum atomic E-state index is 12.2. The Bertz CT molecular complexity index is 942. The van der Waals surface area contributed by atoms with Gasteiger partial charge in [0.2, 0.25) is 15.9 Å². The molecule has 144 valence electrons. The lowest BCUT2D eigenvalue weighted by atomic mass is 10.2. The minimum absolute atomic E-state index is 0.00666. The number of rotatable bonds is 8. The maximum Gasteiger partial charge on any atom is 0.296 e. The standard InChI is InChI=1S/C17H19N3O6S/c1-12-3-6-14(7-4-12)27(24,25)18-10-9-17(21)19-15-8-5-13(26-2)11-16(15)20(22)23/h3-8,11,18H,9-10H2,1-2H3,(H,19,21). The minimum atomic E-state index is -3.73. The number of aryl methyl sites for hydroxylation is 1. The SMILES string of the molecule is COc1ccc(NC(=O)CCNS(=O)(=O)c2ccc(C)cc2)c([N+](=O)[O-])c1. The number of amides is 1. The van der Waals surface area contributed by atoms with Gasteiger partial charge in [-0.3, -0.25) is 14.9 Å². The number of anilines is 1. The predicted octanol–water partition coefficient (Wildman–Crippen LogP) is 2.22. The maximum absolute atomic E-state index is 12.2. The predicted molar refractivity (Wildman–Crippen MR) is 99.3 cm³/mol. The molecular formula is C17H19N3O6S. The smallest absolute Gasteiger partial charge is 0.296 e. The Balaban J connectivity index is 1.97. The fraction of sp³-hybridized carbons (Fsp3) is 0.235. The van der Waals surface area contributed by atoms with Crippen LogP contribution in [0.1, 0.15) is 12.0 Å². The number of ether oxygens (including phenoxy) is 1. The van der Waals surface area contributed by atoms with E-state index in [0.717, 1.165) is 5.56 Å². The van der Waals surface area contributed by atoms with Crippen molar-refractivity contribution >= 4 is 27.3 Å². The number of methoxy groups -OCH3 is 1. The van der Waals surface area contributed by atoms with Crippen molar-refractivity contribution in [1.82, 2.24) is 4.72 Å². The number of carbonyl (C=O) groups excluding carboxylic acids is 1. The lowest BCUT2D eigenvalue weighted by Gasteiger charge is -2.09. The highest BCUT2D eigenvalue weighted by molar-refractivity contribution is 7.89. The summed E-state index contributed by atoms with van der Waals surface area (Å²) < 4.78 is 31.5. The van der Waals surface area contributed by atoms with Crippen LogP contribution in [0.4, 0.5) is 11.4 Å². The number of hydrogen-bond acceptors (Lipinski definition) is 6. The van der Waals surface area contributed by atoms with Gasteiger partial charge < -0.3 is 10.1 Å². The van der Waals surface area contributed by atoms with E-state index in [2.05, 4.69) is 10.0 Å². The molecule has 0 saturated heterocycles. The Morgan fingerprint density at radius 1 is 1.19 bits per heavy atom. The van der Waals surface area contributed by atoms with Crippen molar-refractivity contribution in [3.8, 4) is 5.75 Å². The van der Waals surface area contributed by atoms with Crippen LogP contribution >= 0.6 is 0 Å². The van der Waals surface area contributed by atoms with E-state index >= 15 is 0 Å². The first-order chi connectivity index (χ1) is 12.7. The first-order valence-corrected chi connectivity index (χ1v) is 9.40. The summed E-state index contributed by atoms with van der Waals surface area (Å²) in [5, 5.41) is 13.5. The average molecular weight is 393 g/mol. The van der Waals surface area contributed by atoms with Crippen molar-refractivity contribution in [1.29, 1.82) is 0 Å². The van der Waals surface area contributed by atoms with Crippen LogP contribution < -0.4 is 14.8 Å². The minimum Gasteiger partial charge on any atom is -0.496 e. The molecule has 1 amide bonds. The number of hydrogen-bond donors (Lipinski definition) is 2. The van der Waals surface area contributed by atoms with E-state index in [-0.39, 0.29) is 35.0 Å². The molecule has 0 fully saturated rings. The first-order valence-electron chi connectivity index (χ1n) is 7.91. The van der Waals surface area contributed by atoms with Crippen molar-refractivity contribution in [2.45, 2.75) is 18.2 Å². The average Bonchev–Trinajstić information content (AvgIpc) is 2.62. The Morgan fingerprint density at radius 3 is 2.44 bits per heavy atom. The molecule has 0 aliphatic heterocycles. The van der Waals surface area contributed by atoms with Crippen LogP contribution in [-0.4, -0.2) is 32.9 Å². The van der Waals surface area contributed by atoms with E-state index in [1.165, 1.54) is 37.4 Å². The molecule has 0 saturated carbocycles. The molecule has 10 heteroatoms. The lowest BCUT2D eigenvalue weighted by molar-refractivity contribution is -0.384. The van der Waals surface area contributed by atoms with Crippen molar-refractivity contribution in [3.05, 3.63) is 58.1 Å². The number of nitrogens with one attached hydrogen (secondary N) is 2. The van der Waals surface area contributed by atoms with Gasteiger partial charge in [-0.15, -0.1) is 0 Å². The number of benzene rings is 2. The second-order valence-electron chi connectivity index (χ2n) is 5.65. The quantitative estimate of drug-likeness (QED) is 0.523. The zero-order chi connectivity index (χ0) is 20.0. The lowest BCUT2D eigenvalue weighted by Crippen LogP contribution is -2.28. The summed E-state index contributed by atoms with van der Waals surface area (Å²) in [6, 6.07) is 10.3. The topological polar surface area (TPSA) is 128 Å². The molecule has 0 aliphatic rings. The molecular weight excluding hydrogens is 374 g/mol. The van der Waals surface area contributed by atoms with Crippen LogP contribution in [-0.2, 0) is 14.8 Å². The van der Waals surface area contributed by atoms with E-state index < -0.39 is 20.9 Å². The van der Waals surface area contributed by atoms with Gasteiger partial charge in [0, 0.05) is 13.0 Å². The fourth-order valence-corrected chi connectivity index (χ4v) is 3.24. The molecule has 2 N–H and O–H groups in total. The van der Waals surface area contributed by atoms with Gasteiger partial charge in [0.25, 0.3) is 5.69 Å². The summed E-state index contributed by atoms with van der Waals surface area (Å²) in [4.78, 5) is 22.6. The number of nitro benzene ring substituents is 1. The Morgan fingerprint density at radius 2 is 1.85 bits per heavy atom. The molecule has 2 rings (SSSR count). The largest absolute Gasteiger partial charge is 0.496 e. The monoisotopic (exact) mass is 393 g/mol. The molecule has 0 spiro atoms. The highest BCUT2D eigenvalue weighted by Gasteiger charge is 2.18. The zero-order valence-electron chi connectivity index (χ0n) is 14.8. The number of sulfonamides is 1. The highest BCUT2D eigenvalue weighted by atomic mass is 32.2. The third-order valence-electron chi connectivity index (χ3n) is 3.65. The number of nitrogens with zero attached hydrogens (tertiary/aromatic N) is 1. The molecule has 0 unspecified atom stereocenters. The van der Waals surface area contributed by atoms with Gasteiger partial charge in [0.15, 0.2) is 0 Å². The Labute approximate surface area is 156 Å². The van der Waals surface area contributed by atoms with Crippen LogP contribution in [0.2, 0.25) is 0 Å². The van der Waals surface area contributed by atoms with Crippen molar-refractivity contribution < 1.29 is 22.9 Å². The molecule has 27 heavy (non-hydrogen) atoms. The van der Waals surface area contributed by atoms with Crippen molar-refractivity contribution in [2.24, 2.45) is 0 Å². The third kappa shape index (κ3) is 5.50. The summed E-state index contributed by atoms with van der Waals surface area (Å²) in [5.74, 6) is -0.277. The van der Waals surface area contributed by atoms with Gasteiger partial charge in [-0.2, -0.15) is 0 Å². The van der Waals surface area contributed by atoms with Crippen LogP contribution in [0.25, 0.3) is 0 Å². The number of carbonyl (C=O) groups is 1. The highest BCUT2D eigenvalue weighted by Crippen LogP contribution is 2.28. The molecule has 0 atom stereocenters. The van der Waals surface area contributed by atoms with E-state index in [0.29, 0.717) is 0 Å². The van der Waals surface area contributed by atoms with Gasteiger partial charge in [-0.05, 0) is 31.2 Å². The summed E-state index contributed by atoms with van der Waals surface area (Å²) in [6.45, 7) is 1.69. The van der Waals surface area contributed by atoms with Gasteiger partial charge in [-0.1, -0.05) is 17.7 Å². The van der Waals surface area contributed by atoms with E-state index in [9.17, 15) is 23.3 Å². The molecule has 0 aliphatic carbocycles.